The van der Waals surface area contributed by atoms with Crippen LogP contribution in [-0.4, -0.2) is 32.6 Å². The number of hydrogen-bond donors (Lipinski definition) is 1. The number of likely N-dealkylation sites (tertiary alicyclic amines) is 1. The lowest BCUT2D eigenvalue weighted by atomic mass is 9.65. The van der Waals surface area contributed by atoms with Crippen molar-refractivity contribution in [3.63, 3.8) is 0 Å². The van der Waals surface area contributed by atoms with Gasteiger partial charge in [0.1, 0.15) is 22.8 Å². The van der Waals surface area contributed by atoms with Crippen molar-refractivity contribution in [2.24, 2.45) is 18.9 Å². The van der Waals surface area contributed by atoms with E-state index in [1.165, 1.54) is 22.9 Å². The summed E-state index contributed by atoms with van der Waals surface area (Å²) in [6.07, 6.45) is 7.03. The van der Waals surface area contributed by atoms with Crippen molar-refractivity contribution in [2.45, 2.75) is 45.3 Å². The number of fused-ring (bicyclic) bond motifs is 3. The van der Waals surface area contributed by atoms with Crippen LogP contribution >= 0.6 is 0 Å². The molecule has 2 atom stereocenters. The molecule has 0 radical (unpaired) electrons. The SMILES string of the molecule is Cc1ccc2oc(CN3C[C@@H]4CCC[C@@H](C3)C4(O)c3nccn3C)c(C)c2c1. The number of nitrogens with zero attached hydrogens (tertiary/aromatic N) is 3. The summed E-state index contributed by atoms with van der Waals surface area (Å²) in [4.78, 5) is 7.01. The molecule has 28 heavy (non-hydrogen) atoms. The summed E-state index contributed by atoms with van der Waals surface area (Å²) in [6, 6.07) is 6.39. The standard InChI is InChI=1S/C23H29N3O2/c1-15-7-8-20-19(11-15)16(2)21(28-20)14-26-12-17-5-4-6-18(13-26)23(17,27)22-24-9-10-25(22)3/h7-11,17-18,27H,4-6,12-14H2,1-3H3/t17-,18-/m0/s1. The quantitative estimate of drug-likeness (QED) is 0.750. The first kappa shape index (κ1) is 18.0. The van der Waals surface area contributed by atoms with Gasteiger partial charge >= 0.3 is 0 Å². The molecule has 0 amide bonds. The van der Waals surface area contributed by atoms with Crippen molar-refractivity contribution < 1.29 is 9.52 Å². The Balaban J connectivity index is 1.43. The maximum Gasteiger partial charge on any atom is 0.141 e. The summed E-state index contributed by atoms with van der Waals surface area (Å²) in [6.45, 7) is 6.86. The van der Waals surface area contributed by atoms with Crippen LogP contribution < -0.4 is 0 Å². The second-order valence-corrected chi connectivity index (χ2v) is 8.86. The molecule has 2 aliphatic rings. The van der Waals surface area contributed by atoms with Crippen molar-refractivity contribution >= 4 is 11.0 Å². The third kappa shape index (κ3) is 2.64. The first-order valence-electron chi connectivity index (χ1n) is 10.4. The Kier molecular flexibility index (Phi) is 4.14. The molecule has 3 heterocycles. The van der Waals surface area contributed by atoms with Crippen LogP contribution in [0.5, 0.6) is 0 Å². The highest BCUT2D eigenvalue weighted by Crippen LogP contribution is 2.48. The van der Waals surface area contributed by atoms with Gasteiger partial charge < -0.3 is 14.1 Å². The Morgan fingerprint density at radius 3 is 2.64 bits per heavy atom. The zero-order chi connectivity index (χ0) is 19.5. The molecule has 1 N–H and O–H groups in total. The van der Waals surface area contributed by atoms with Crippen LogP contribution in [0.3, 0.4) is 0 Å². The van der Waals surface area contributed by atoms with E-state index >= 15 is 0 Å². The molecule has 1 aromatic carbocycles. The van der Waals surface area contributed by atoms with E-state index in [1.807, 2.05) is 17.8 Å². The summed E-state index contributed by atoms with van der Waals surface area (Å²) in [5.74, 6) is 2.32. The van der Waals surface area contributed by atoms with Crippen LogP contribution in [-0.2, 0) is 19.2 Å². The fourth-order valence-electron chi connectivity index (χ4n) is 5.53. The Labute approximate surface area is 166 Å². The molecule has 2 bridgehead atoms. The highest BCUT2D eigenvalue weighted by molar-refractivity contribution is 5.82. The lowest BCUT2D eigenvalue weighted by molar-refractivity contribution is -0.155. The molecule has 3 aromatic rings. The highest BCUT2D eigenvalue weighted by Gasteiger charge is 2.53. The first-order chi connectivity index (χ1) is 13.5. The predicted octanol–water partition coefficient (Wildman–Crippen LogP) is 3.90. The largest absolute Gasteiger partial charge is 0.459 e. The number of furan rings is 1. The summed E-state index contributed by atoms with van der Waals surface area (Å²) < 4.78 is 8.19. The predicted molar refractivity (Wildman–Crippen MR) is 109 cm³/mol. The maximum absolute atomic E-state index is 11.7. The molecule has 1 aliphatic carbocycles. The summed E-state index contributed by atoms with van der Waals surface area (Å²) in [5, 5.41) is 13.0. The molecule has 0 spiro atoms. The van der Waals surface area contributed by atoms with E-state index in [4.69, 9.17) is 4.42 Å². The van der Waals surface area contributed by atoms with E-state index < -0.39 is 5.60 Å². The fraction of sp³-hybridized carbons (Fsp3) is 0.522. The number of piperidine rings is 1. The maximum atomic E-state index is 11.7. The molecular formula is C23H29N3O2. The minimum absolute atomic E-state index is 0.216. The summed E-state index contributed by atoms with van der Waals surface area (Å²) >= 11 is 0. The minimum Gasteiger partial charge on any atom is -0.459 e. The van der Waals surface area contributed by atoms with Gasteiger partial charge in [0.05, 0.1) is 6.54 Å². The van der Waals surface area contributed by atoms with Gasteiger partial charge in [-0.05, 0) is 44.4 Å². The molecule has 1 saturated carbocycles. The smallest absolute Gasteiger partial charge is 0.141 e. The van der Waals surface area contributed by atoms with Crippen LogP contribution in [0.15, 0.2) is 35.0 Å². The van der Waals surface area contributed by atoms with Gasteiger partial charge in [-0.2, -0.15) is 0 Å². The highest BCUT2D eigenvalue weighted by atomic mass is 16.3. The second kappa shape index (κ2) is 6.46. The normalized spacial score (nSPS) is 28.1. The first-order valence-corrected chi connectivity index (χ1v) is 10.4. The summed E-state index contributed by atoms with van der Waals surface area (Å²) in [7, 11) is 1.99. The van der Waals surface area contributed by atoms with Gasteiger partial charge in [-0.15, -0.1) is 0 Å². The van der Waals surface area contributed by atoms with Crippen LogP contribution in [0.1, 0.15) is 42.0 Å². The van der Waals surface area contributed by atoms with Gasteiger partial charge in [0.2, 0.25) is 0 Å². The Morgan fingerprint density at radius 1 is 1.21 bits per heavy atom. The number of aromatic nitrogens is 2. The van der Waals surface area contributed by atoms with Crippen molar-refractivity contribution in [1.29, 1.82) is 0 Å². The van der Waals surface area contributed by atoms with E-state index in [9.17, 15) is 5.11 Å². The van der Waals surface area contributed by atoms with E-state index in [2.05, 4.69) is 41.9 Å². The second-order valence-electron chi connectivity index (χ2n) is 8.86. The zero-order valence-electron chi connectivity index (χ0n) is 17.0. The van der Waals surface area contributed by atoms with Gasteiger partial charge in [0.25, 0.3) is 0 Å². The van der Waals surface area contributed by atoms with E-state index in [-0.39, 0.29) is 11.8 Å². The monoisotopic (exact) mass is 379 g/mol. The molecule has 1 aliphatic heterocycles. The molecule has 1 saturated heterocycles. The molecule has 2 fully saturated rings. The lowest BCUT2D eigenvalue weighted by Gasteiger charge is -2.52. The van der Waals surface area contributed by atoms with Crippen molar-refractivity contribution in [2.75, 3.05) is 13.1 Å². The Hall–Kier alpha value is -2.11. The molecule has 148 valence electrons. The van der Waals surface area contributed by atoms with Gasteiger partial charge in [-0.1, -0.05) is 18.1 Å². The number of hydrogen-bond acceptors (Lipinski definition) is 4. The van der Waals surface area contributed by atoms with Crippen LogP contribution in [0, 0.1) is 25.7 Å². The van der Waals surface area contributed by atoms with Crippen molar-refractivity contribution in [1.82, 2.24) is 14.5 Å². The lowest BCUT2D eigenvalue weighted by Crippen LogP contribution is -2.58. The molecule has 5 heteroatoms. The van der Waals surface area contributed by atoms with Gasteiger partial charge in [-0.25, -0.2) is 4.98 Å². The molecule has 5 rings (SSSR count). The van der Waals surface area contributed by atoms with E-state index in [0.29, 0.717) is 0 Å². The number of imidazole rings is 1. The summed E-state index contributed by atoms with van der Waals surface area (Å²) in [5.41, 5.74) is 2.66. The third-order valence-electron chi connectivity index (χ3n) is 7.04. The van der Waals surface area contributed by atoms with Gasteiger partial charge in [0, 0.05) is 49.8 Å². The zero-order valence-corrected chi connectivity index (χ0v) is 17.0. The number of rotatable bonds is 3. The number of benzene rings is 1. The molecule has 0 unspecified atom stereocenters. The van der Waals surface area contributed by atoms with Gasteiger partial charge in [0.15, 0.2) is 0 Å². The van der Waals surface area contributed by atoms with Crippen LogP contribution in [0.2, 0.25) is 0 Å². The van der Waals surface area contributed by atoms with Crippen molar-refractivity contribution in [3.8, 4) is 0 Å². The third-order valence-corrected chi connectivity index (χ3v) is 7.04. The number of aryl methyl sites for hydroxylation is 3. The average Bonchev–Trinajstić information content (AvgIpc) is 3.21. The van der Waals surface area contributed by atoms with Crippen LogP contribution in [0.25, 0.3) is 11.0 Å². The van der Waals surface area contributed by atoms with E-state index in [0.717, 1.165) is 49.6 Å². The molecular weight excluding hydrogens is 350 g/mol. The Bertz CT molecular complexity index is 1000. The van der Waals surface area contributed by atoms with Crippen LogP contribution in [0.4, 0.5) is 0 Å². The van der Waals surface area contributed by atoms with Gasteiger partial charge in [-0.3, -0.25) is 4.90 Å². The minimum atomic E-state index is -0.812. The Morgan fingerprint density at radius 2 is 1.96 bits per heavy atom. The fourth-order valence-corrected chi connectivity index (χ4v) is 5.53. The number of aliphatic hydroxyl groups is 1. The average molecular weight is 380 g/mol. The van der Waals surface area contributed by atoms with E-state index in [1.54, 1.807) is 6.20 Å². The van der Waals surface area contributed by atoms with Crippen molar-refractivity contribution in [3.05, 3.63) is 53.3 Å². The molecule has 5 nitrogen and oxygen atoms in total. The topological polar surface area (TPSA) is 54.4 Å². The molecule has 2 aromatic heterocycles.